The van der Waals surface area contributed by atoms with Crippen molar-refractivity contribution in [1.29, 1.82) is 0 Å². The maximum atomic E-state index is 13.4. The summed E-state index contributed by atoms with van der Waals surface area (Å²) in [6.07, 6.45) is 3.82. The fraction of sp³-hybridized carbons (Fsp3) is 0.286. The average molecular weight is 578 g/mol. The third kappa shape index (κ3) is 4.66. The van der Waals surface area contributed by atoms with Crippen LogP contribution in [0.2, 0.25) is 0 Å². The van der Waals surface area contributed by atoms with Crippen LogP contribution in [0.3, 0.4) is 0 Å². The number of aryl methyl sites for hydroxylation is 2. The van der Waals surface area contributed by atoms with E-state index in [0.29, 0.717) is 40.6 Å². The summed E-state index contributed by atoms with van der Waals surface area (Å²) in [5, 5.41) is 6.80. The molecule has 5 atom stereocenters. The first-order chi connectivity index (χ1) is 20.3. The minimum atomic E-state index is -3.77. The van der Waals surface area contributed by atoms with Crippen LogP contribution >= 0.6 is 0 Å². The van der Waals surface area contributed by atoms with E-state index in [1.54, 1.807) is 12.1 Å². The van der Waals surface area contributed by atoms with Crippen LogP contribution < -0.4 is 15.4 Å². The molecule has 4 aromatic rings. The number of hydrogen-bond acceptors (Lipinski definition) is 4. The number of hydrogen-bond donors (Lipinski definition) is 3. The van der Waals surface area contributed by atoms with Gasteiger partial charge < -0.3 is 10.6 Å². The Kier molecular flexibility index (Phi) is 6.58. The standard InChI is InChI=1S/C35H35N3O3S/c1-21-7-6-8-22(2)33(21)38-42(40,41)28-16-14-27(15-17-28)36-35(39)26-13-18-30-29(20-26)31-24-11-12-25(19-24)32(31)34(37-30)23-9-4-3-5-10-23/h3-10,13-18,20,24-25,31-32,34,37-38H,11-12,19H2,1-2H3,(H,36,39)/t24-,25-,31-,32-,34+/m0/s1. The summed E-state index contributed by atoms with van der Waals surface area (Å²) in [5.74, 6) is 2.15. The van der Waals surface area contributed by atoms with E-state index in [1.807, 2.05) is 38.1 Å². The van der Waals surface area contributed by atoms with E-state index < -0.39 is 10.0 Å². The molecule has 0 unspecified atom stereocenters. The molecular formula is C35H35N3O3S. The van der Waals surface area contributed by atoms with E-state index in [-0.39, 0.29) is 16.8 Å². The lowest BCUT2D eigenvalue weighted by molar-refractivity contribution is 0.102. The first kappa shape index (κ1) is 26.8. The summed E-state index contributed by atoms with van der Waals surface area (Å²) in [4.78, 5) is 13.5. The molecule has 2 fully saturated rings. The lowest BCUT2D eigenvalue weighted by atomic mass is 9.68. The molecule has 0 saturated heterocycles. The molecule has 0 aromatic heterocycles. The highest BCUT2D eigenvalue weighted by atomic mass is 32.2. The number of benzene rings is 4. The minimum absolute atomic E-state index is 0.137. The molecule has 3 N–H and O–H groups in total. The molecule has 3 aliphatic rings. The van der Waals surface area contributed by atoms with E-state index in [0.717, 1.165) is 16.8 Å². The fourth-order valence-electron chi connectivity index (χ4n) is 7.71. The second-order valence-electron chi connectivity index (χ2n) is 12.1. The van der Waals surface area contributed by atoms with Gasteiger partial charge in [-0.1, -0.05) is 48.5 Å². The Morgan fingerprint density at radius 1 is 0.833 bits per heavy atom. The van der Waals surface area contributed by atoms with Crippen LogP contribution in [-0.4, -0.2) is 14.3 Å². The van der Waals surface area contributed by atoms with Crippen molar-refractivity contribution in [3.8, 4) is 0 Å². The van der Waals surface area contributed by atoms with Crippen LogP contribution in [0.5, 0.6) is 0 Å². The van der Waals surface area contributed by atoms with E-state index in [2.05, 4.69) is 57.8 Å². The normalized spacial score (nSPS) is 23.9. The Morgan fingerprint density at radius 2 is 1.55 bits per heavy atom. The third-order valence-electron chi connectivity index (χ3n) is 9.65. The lowest BCUT2D eigenvalue weighted by Crippen LogP contribution is -2.35. The summed E-state index contributed by atoms with van der Waals surface area (Å²) in [5.41, 5.74) is 7.18. The summed E-state index contributed by atoms with van der Waals surface area (Å²) in [6, 6.07) is 29.0. The Hall–Kier alpha value is -4.10. The number of para-hydroxylation sites is 1. The first-order valence-corrected chi connectivity index (χ1v) is 16.2. The molecule has 2 aliphatic carbocycles. The molecule has 0 spiro atoms. The number of nitrogens with one attached hydrogen (secondary N) is 3. The molecule has 1 aliphatic heterocycles. The highest BCUT2D eigenvalue weighted by molar-refractivity contribution is 7.92. The van der Waals surface area contributed by atoms with Crippen LogP contribution in [0, 0.1) is 31.6 Å². The van der Waals surface area contributed by atoms with Gasteiger partial charge in [-0.15, -0.1) is 0 Å². The van der Waals surface area contributed by atoms with Gasteiger partial charge in [-0.05, 0) is 121 Å². The smallest absolute Gasteiger partial charge is 0.261 e. The summed E-state index contributed by atoms with van der Waals surface area (Å²) in [7, 11) is -3.77. The van der Waals surface area contributed by atoms with E-state index in [9.17, 15) is 13.2 Å². The molecule has 7 rings (SSSR count). The molecule has 4 aromatic carbocycles. The Balaban J connectivity index is 1.10. The van der Waals surface area contributed by atoms with E-state index >= 15 is 0 Å². The fourth-order valence-corrected chi connectivity index (χ4v) is 8.91. The number of anilines is 3. The molecule has 7 heteroatoms. The topological polar surface area (TPSA) is 87.3 Å². The summed E-state index contributed by atoms with van der Waals surface area (Å²) in [6.45, 7) is 3.75. The predicted octanol–water partition coefficient (Wildman–Crippen LogP) is 7.65. The molecule has 0 radical (unpaired) electrons. The highest BCUT2D eigenvalue weighted by Gasteiger charge is 2.53. The Morgan fingerprint density at radius 3 is 2.29 bits per heavy atom. The number of carbonyl (C=O) groups is 1. The largest absolute Gasteiger partial charge is 0.378 e. The van der Waals surface area contributed by atoms with Gasteiger partial charge in [0.05, 0.1) is 16.6 Å². The maximum absolute atomic E-state index is 13.4. The number of sulfonamides is 1. The number of rotatable bonds is 6. The van der Waals surface area contributed by atoms with Gasteiger partial charge in [-0.25, -0.2) is 8.42 Å². The zero-order valence-corrected chi connectivity index (χ0v) is 24.6. The minimum Gasteiger partial charge on any atom is -0.378 e. The second-order valence-corrected chi connectivity index (χ2v) is 13.8. The van der Waals surface area contributed by atoms with Crippen molar-refractivity contribution in [2.24, 2.45) is 17.8 Å². The van der Waals surface area contributed by atoms with Crippen molar-refractivity contribution in [1.82, 2.24) is 0 Å². The highest BCUT2D eigenvalue weighted by Crippen LogP contribution is 2.63. The second kappa shape index (κ2) is 10.3. The van der Waals surface area contributed by atoms with Crippen molar-refractivity contribution in [3.05, 3.63) is 119 Å². The molecule has 1 amide bonds. The molecule has 42 heavy (non-hydrogen) atoms. The quantitative estimate of drug-likeness (QED) is 0.220. The van der Waals surface area contributed by atoms with Crippen molar-refractivity contribution < 1.29 is 13.2 Å². The van der Waals surface area contributed by atoms with Crippen molar-refractivity contribution in [3.63, 3.8) is 0 Å². The van der Waals surface area contributed by atoms with Crippen molar-refractivity contribution in [2.45, 2.75) is 50.0 Å². The van der Waals surface area contributed by atoms with Gasteiger partial charge in [0, 0.05) is 16.9 Å². The molecule has 6 nitrogen and oxygen atoms in total. The van der Waals surface area contributed by atoms with E-state index in [4.69, 9.17) is 0 Å². The molecule has 2 saturated carbocycles. The predicted molar refractivity (Wildman–Crippen MR) is 167 cm³/mol. The van der Waals surface area contributed by atoms with Crippen molar-refractivity contribution >= 4 is 33.0 Å². The monoisotopic (exact) mass is 577 g/mol. The number of fused-ring (bicyclic) bond motifs is 7. The van der Waals surface area contributed by atoms with Gasteiger partial charge in [0.1, 0.15) is 0 Å². The number of carbonyl (C=O) groups excluding carboxylic acids is 1. The van der Waals surface area contributed by atoms with Crippen LogP contribution in [0.15, 0.2) is 95.9 Å². The van der Waals surface area contributed by atoms with Crippen LogP contribution in [0.25, 0.3) is 0 Å². The van der Waals surface area contributed by atoms with E-state index in [1.165, 1.54) is 42.5 Å². The number of amides is 1. The third-order valence-corrected chi connectivity index (χ3v) is 11.0. The van der Waals surface area contributed by atoms with Crippen LogP contribution in [-0.2, 0) is 10.0 Å². The SMILES string of the molecule is Cc1cccc(C)c1NS(=O)(=O)c1ccc(NC(=O)c2ccc3c(c2)[C@@H]2[C@H]4CC[C@@H](C4)[C@@H]2[C@@H](c2ccccc2)N3)cc1. The first-order valence-electron chi connectivity index (χ1n) is 14.7. The Labute approximate surface area is 247 Å². The maximum Gasteiger partial charge on any atom is 0.261 e. The lowest BCUT2D eigenvalue weighted by Gasteiger charge is -2.43. The molecule has 214 valence electrons. The zero-order chi connectivity index (χ0) is 29.0. The molecular weight excluding hydrogens is 542 g/mol. The zero-order valence-electron chi connectivity index (χ0n) is 23.8. The van der Waals surface area contributed by atoms with Gasteiger partial charge in [0.15, 0.2) is 0 Å². The van der Waals surface area contributed by atoms with Crippen LogP contribution in [0.1, 0.15) is 63.8 Å². The van der Waals surface area contributed by atoms with Gasteiger partial charge >= 0.3 is 0 Å². The Bertz CT molecular complexity index is 1750. The van der Waals surface area contributed by atoms with Gasteiger partial charge in [-0.3, -0.25) is 9.52 Å². The van der Waals surface area contributed by atoms with Gasteiger partial charge in [0.2, 0.25) is 0 Å². The van der Waals surface area contributed by atoms with Crippen molar-refractivity contribution in [2.75, 3.05) is 15.4 Å². The summed E-state index contributed by atoms with van der Waals surface area (Å²) >= 11 is 0. The van der Waals surface area contributed by atoms with Gasteiger partial charge in [0.25, 0.3) is 15.9 Å². The molecule has 2 bridgehead atoms. The molecule has 1 heterocycles. The summed E-state index contributed by atoms with van der Waals surface area (Å²) < 4.78 is 28.8. The van der Waals surface area contributed by atoms with Crippen LogP contribution in [0.4, 0.5) is 17.1 Å². The van der Waals surface area contributed by atoms with Gasteiger partial charge in [-0.2, -0.15) is 0 Å². The average Bonchev–Trinajstić information content (AvgIpc) is 3.62.